The van der Waals surface area contributed by atoms with E-state index in [-0.39, 0.29) is 48.2 Å². The Morgan fingerprint density at radius 2 is 1.44 bits per heavy atom. The SMILES string of the molecule is [CH2-]C([CH2-])N.[CH2-]CC.[W+2].[W]. The number of hydrogen-bond donors (Lipinski definition) is 1. The normalized spacial score (nSPS) is 6.00. The molecule has 0 spiro atoms. The van der Waals surface area contributed by atoms with Crippen LogP contribution in [0.5, 0.6) is 0 Å². The molecule has 9 heavy (non-hydrogen) atoms. The first-order valence-corrected chi connectivity index (χ1v) is 2.36. The monoisotopic (exact) mass is 468 g/mol. The molecule has 56 valence electrons. The maximum Gasteiger partial charge on any atom is 2.00 e. The van der Waals surface area contributed by atoms with Gasteiger partial charge in [-0.05, 0) is 0 Å². The molecule has 0 saturated carbocycles. The third kappa shape index (κ3) is 281. The molecule has 0 aliphatic rings. The molecule has 0 aromatic carbocycles. The molecule has 0 fully saturated rings. The van der Waals surface area contributed by atoms with Crippen molar-refractivity contribution in [3.63, 3.8) is 0 Å². The fourth-order valence-electron chi connectivity index (χ4n) is 0. The largest absolute Gasteiger partial charge is 2.00 e. The minimum atomic E-state index is -0.167. The van der Waals surface area contributed by atoms with Gasteiger partial charge < -0.3 is 26.5 Å². The van der Waals surface area contributed by atoms with Crippen LogP contribution in [-0.4, -0.2) is 6.04 Å². The van der Waals surface area contributed by atoms with Gasteiger partial charge >= 0.3 is 21.1 Å². The van der Waals surface area contributed by atoms with Crippen molar-refractivity contribution in [3.8, 4) is 0 Å². The van der Waals surface area contributed by atoms with Gasteiger partial charge in [0.1, 0.15) is 0 Å². The zero-order chi connectivity index (χ0) is 6.28. The molecule has 0 aromatic heterocycles. The molecule has 1 nitrogen and oxygen atoms in total. The van der Waals surface area contributed by atoms with E-state index in [2.05, 4.69) is 20.8 Å². The smallest absolute Gasteiger partial charge is 0.386 e. The summed E-state index contributed by atoms with van der Waals surface area (Å²) in [7, 11) is 0. The molecular formula is C6H14NW2-. The number of nitrogens with two attached hydrogens (primary N) is 1. The summed E-state index contributed by atoms with van der Waals surface area (Å²) in [5.41, 5.74) is 4.89. The van der Waals surface area contributed by atoms with Gasteiger partial charge in [0, 0.05) is 21.1 Å². The topological polar surface area (TPSA) is 26.0 Å². The molecule has 0 radical (unpaired) electrons. The van der Waals surface area contributed by atoms with Gasteiger partial charge in [-0.1, -0.05) is 6.92 Å². The molecule has 3 heteroatoms. The first kappa shape index (κ1) is 22.4. The molecule has 0 aliphatic heterocycles. The summed E-state index contributed by atoms with van der Waals surface area (Å²) in [6.45, 7) is 12.1. The third-order valence-corrected chi connectivity index (χ3v) is 0. The predicted molar refractivity (Wildman–Crippen MR) is 34.3 cm³/mol. The van der Waals surface area contributed by atoms with Gasteiger partial charge in [-0.15, -0.1) is 0 Å². The van der Waals surface area contributed by atoms with Crippen molar-refractivity contribution < 1.29 is 42.1 Å². The minimum absolute atomic E-state index is 0. The Labute approximate surface area is 87.7 Å². The minimum Gasteiger partial charge on any atom is -0.386 e. The van der Waals surface area contributed by atoms with E-state index in [9.17, 15) is 0 Å². The van der Waals surface area contributed by atoms with Gasteiger partial charge in [-0.2, -0.15) is 6.42 Å². The van der Waals surface area contributed by atoms with E-state index in [1.54, 1.807) is 0 Å². The van der Waals surface area contributed by atoms with Gasteiger partial charge in [0.15, 0.2) is 0 Å². The molecule has 0 aliphatic carbocycles. The second kappa shape index (κ2) is 22.8. The van der Waals surface area contributed by atoms with E-state index in [1.807, 2.05) is 6.92 Å². The Morgan fingerprint density at radius 1 is 1.44 bits per heavy atom. The number of hydrogen-bond acceptors (Lipinski definition) is 1. The Hall–Kier alpha value is 1.34. The second-order valence-electron chi connectivity index (χ2n) is 1.26. The average Bonchev–Trinajstić information content (AvgIpc) is 1.33. The summed E-state index contributed by atoms with van der Waals surface area (Å²) in [5, 5.41) is 0. The van der Waals surface area contributed by atoms with Crippen LogP contribution in [-0.2, 0) is 42.1 Å². The van der Waals surface area contributed by atoms with Crippen molar-refractivity contribution in [2.75, 3.05) is 0 Å². The molecule has 0 unspecified atom stereocenters. The molecule has 0 atom stereocenters. The fourth-order valence-corrected chi connectivity index (χ4v) is 0. The van der Waals surface area contributed by atoms with E-state index < -0.39 is 0 Å². The fraction of sp³-hybridized carbons (Fsp3) is 0.500. The quantitative estimate of drug-likeness (QED) is 0.533. The van der Waals surface area contributed by atoms with Gasteiger partial charge in [-0.3, -0.25) is 6.04 Å². The van der Waals surface area contributed by atoms with E-state index in [0.717, 1.165) is 6.42 Å². The third-order valence-electron chi connectivity index (χ3n) is 0. The van der Waals surface area contributed by atoms with E-state index in [1.165, 1.54) is 0 Å². The van der Waals surface area contributed by atoms with E-state index in [0.29, 0.717) is 0 Å². The molecular weight excluding hydrogens is 454 g/mol. The first-order valence-electron chi connectivity index (χ1n) is 2.36. The predicted octanol–water partition coefficient (Wildman–Crippen LogP) is 1.21. The van der Waals surface area contributed by atoms with Crippen molar-refractivity contribution in [3.05, 3.63) is 20.8 Å². The van der Waals surface area contributed by atoms with Crippen molar-refractivity contribution >= 4 is 0 Å². The van der Waals surface area contributed by atoms with Crippen LogP contribution in [0.15, 0.2) is 0 Å². The average molecular weight is 468 g/mol. The summed E-state index contributed by atoms with van der Waals surface area (Å²) >= 11 is 0. The summed E-state index contributed by atoms with van der Waals surface area (Å²) in [4.78, 5) is 0. The molecule has 2 N–H and O–H groups in total. The zero-order valence-corrected chi connectivity index (χ0v) is 11.7. The Morgan fingerprint density at radius 3 is 1.44 bits per heavy atom. The van der Waals surface area contributed by atoms with Gasteiger partial charge in [0.25, 0.3) is 0 Å². The van der Waals surface area contributed by atoms with Crippen LogP contribution in [0.2, 0.25) is 0 Å². The summed E-state index contributed by atoms with van der Waals surface area (Å²) < 4.78 is 0. The maximum absolute atomic E-state index is 4.89. The van der Waals surface area contributed by atoms with Crippen LogP contribution < -0.4 is 5.73 Å². The molecule has 0 heterocycles. The van der Waals surface area contributed by atoms with Gasteiger partial charge in [0.05, 0.1) is 0 Å². The molecule has 0 bridgehead atoms. The van der Waals surface area contributed by atoms with Crippen molar-refractivity contribution in [1.82, 2.24) is 0 Å². The number of rotatable bonds is 0. The first-order chi connectivity index (χ1) is 3.15. The Balaban J connectivity index is -0.0000000233. The Kier molecular flexibility index (Phi) is 56.8. The van der Waals surface area contributed by atoms with Crippen molar-refractivity contribution in [2.45, 2.75) is 19.4 Å². The second-order valence-corrected chi connectivity index (χ2v) is 1.26. The van der Waals surface area contributed by atoms with Crippen LogP contribution >= 0.6 is 0 Å². The molecule has 0 aromatic rings. The zero-order valence-electron chi connectivity index (χ0n) is 5.80. The van der Waals surface area contributed by atoms with E-state index in [4.69, 9.17) is 5.73 Å². The van der Waals surface area contributed by atoms with Crippen LogP contribution in [0.25, 0.3) is 0 Å². The summed E-state index contributed by atoms with van der Waals surface area (Å²) in [6.07, 6.45) is 1.00. The Bertz CT molecular complexity index is 22.3. The van der Waals surface area contributed by atoms with E-state index >= 15 is 0 Å². The van der Waals surface area contributed by atoms with Crippen molar-refractivity contribution in [1.29, 1.82) is 0 Å². The van der Waals surface area contributed by atoms with Crippen LogP contribution in [0.1, 0.15) is 13.3 Å². The van der Waals surface area contributed by atoms with Gasteiger partial charge in [-0.25, -0.2) is 0 Å². The van der Waals surface area contributed by atoms with Crippen molar-refractivity contribution in [2.24, 2.45) is 5.73 Å². The standard InChI is InChI=1S/C3H7N.C3H7.2W/c1-3(2)4;1-3-2;;/h3H,1-2,4H2;1,3H2,2H3;;/q-2;-1;;+2. The summed E-state index contributed by atoms with van der Waals surface area (Å²) in [5.74, 6) is 0. The summed E-state index contributed by atoms with van der Waals surface area (Å²) in [6, 6.07) is -0.167. The van der Waals surface area contributed by atoms with Crippen LogP contribution in [0, 0.1) is 20.8 Å². The maximum atomic E-state index is 4.89. The van der Waals surface area contributed by atoms with Gasteiger partial charge in [0.2, 0.25) is 0 Å². The molecule has 0 rings (SSSR count). The molecule has 0 saturated heterocycles. The van der Waals surface area contributed by atoms with Crippen LogP contribution in [0.3, 0.4) is 0 Å². The molecule has 0 amide bonds. The van der Waals surface area contributed by atoms with Crippen LogP contribution in [0.4, 0.5) is 0 Å².